The van der Waals surface area contributed by atoms with Gasteiger partial charge in [-0.1, -0.05) is 0 Å². The third kappa shape index (κ3) is 2.72. The Kier molecular flexibility index (Phi) is 3.73. The third-order valence-corrected chi connectivity index (χ3v) is 3.39. The molecule has 1 unspecified atom stereocenters. The molecule has 1 heterocycles. The van der Waals surface area contributed by atoms with E-state index in [1.807, 2.05) is 13.8 Å². The summed E-state index contributed by atoms with van der Waals surface area (Å²) in [4.78, 5) is 23.7. The summed E-state index contributed by atoms with van der Waals surface area (Å²) in [7, 11) is 0. The first-order valence-corrected chi connectivity index (χ1v) is 6.48. The molecule has 2 rings (SSSR count). The van der Waals surface area contributed by atoms with Crippen LogP contribution < -0.4 is 0 Å². The van der Waals surface area contributed by atoms with Gasteiger partial charge in [-0.05, 0) is 33.6 Å². The molecule has 0 aromatic rings. The van der Waals surface area contributed by atoms with Gasteiger partial charge in [-0.3, -0.25) is 9.59 Å². The molecule has 0 N–H and O–H groups in total. The summed E-state index contributed by atoms with van der Waals surface area (Å²) >= 11 is 0. The van der Waals surface area contributed by atoms with Gasteiger partial charge in [-0.2, -0.15) is 0 Å². The molecule has 2 fully saturated rings. The average molecular weight is 256 g/mol. The number of ketones is 1. The molecule has 1 saturated heterocycles. The maximum absolute atomic E-state index is 12.0. The smallest absolute Gasteiger partial charge is 0.316 e. The van der Waals surface area contributed by atoms with E-state index in [0.29, 0.717) is 19.4 Å². The van der Waals surface area contributed by atoms with Gasteiger partial charge >= 0.3 is 5.97 Å². The second-order valence-electron chi connectivity index (χ2n) is 5.26. The lowest BCUT2D eigenvalue weighted by molar-refractivity contribution is -0.157. The average Bonchev–Trinajstić information content (AvgIpc) is 2.45. The molecule has 0 aromatic carbocycles. The van der Waals surface area contributed by atoms with Crippen molar-refractivity contribution in [2.75, 3.05) is 6.61 Å². The molecule has 1 aliphatic heterocycles. The zero-order chi connectivity index (χ0) is 13.3. The van der Waals surface area contributed by atoms with Crippen molar-refractivity contribution in [1.82, 2.24) is 0 Å². The highest BCUT2D eigenvalue weighted by molar-refractivity contribution is 5.99. The van der Waals surface area contributed by atoms with E-state index in [0.717, 1.165) is 0 Å². The molecule has 0 spiro atoms. The normalized spacial score (nSPS) is 34.8. The number of hydrogen-bond donors (Lipinski definition) is 0. The number of esters is 1. The predicted octanol–water partition coefficient (Wildman–Crippen LogP) is 1.44. The van der Waals surface area contributed by atoms with Crippen molar-refractivity contribution >= 4 is 11.8 Å². The summed E-state index contributed by atoms with van der Waals surface area (Å²) in [6.07, 6.45) is 1.05. The van der Waals surface area contributed by atoms with Crippen LogP contribution in [0.5, 0.6) is 0 Å². The monoisotopic (exact) mass is 256 g/mol. The fourth-order valence-corrected chi connectivity index (χ4v) is 2.65. The minimum absolute atomic E-state index is 0.0941. The predicted molar refractivity (Wildman–Crippen MR) is 62.8 cm³/mol. The Morgan fingerprint density at radius 1 is 1.33 bits per heavy atom. The van der Waals surface area contributed by atoms with Gasteiger partial charge in [-0.25, -0.2) is 0 Å². The molecule has 1 aliphatic carbocycles. The van der Waals surface area contributed by atoms with Gasteiger partial charge in [0.2, 0.25) is 0 Å². The standard InChI is InChI=1S/C13H20O5/c1-4-16-12(15)8-5-6-10-11(7-9(8)14)18-13(2,3)17-10/h8,10-11H,4-7H2,1-3H3/t8?,10-,11+/m0/s1. The molecule has 0 amide bonds. The summed E-state index contributed by atoms with van der Waals surface area (Å²) in [5.41, 5.74) is 0. The zero-order valence-corrected chi connectivity index (χ0v) is 11.1. The second-order valence-corrected chi connectivity index (χ2v) is 5.26. The van der Waals surface area contributed by atoms with E-state index in [9.17, 15) is 9.59 Å². The third-order valence-electron chi connectivity index (χ3n) is 3.39. The van der Waals surface area contributed by atoms with Crippen LogP contribution in [0.3, 0.4) is 0 Å². The van der Waals surface area contributed by atoms with E-state index in [4.69, 9.17) is 14.2 Å². The first-order chi connectivity index (χ1) is 8.43. The Morgan fingerprint density at radius 3 is 2.67 bits per heavy atom. The van der Waals surface area contributed by atoms with Crippen molar-refractivity contribution in [1.29, 1.82) is 0 Å². The fraction of sp³-hybridized carbons (Fsp3) is 0.846. The number of hydrogen-bond acceptors (Lipinski definition) is 5. The van der Waals surface area contributed by atoms with Gasteiger partial charge in [0, 0.05) is 6.42 Å². The SMILES string of the molecule is CCOC(=O)C1CC[C@@H]2OC(C)(C)O[C@@H]2CC1=O. The molecule has 2 aliphatic rings. The molecule has 0 aromatic heterocycles. The molecule has 1 saturated carbocycles. The van der Waals surface area contributed by atoms with Crippen molar-refractivity contribution < 1.29 is 23.8 Å². The van der Waals surface area contributed by atoms with E-state index < -0.39 is 17.7 Å². The van der Waals surface area contributed by atoms with Gasteiger partial charge in [0.25, 0.3) is 0 Å². The van der Waals surface area contributed by atoms with Gasteiger partial charge in [0.1, 0.15) is 11.7 Å². The van der Waals surface area contributed by atoms with Gasteiger partial charge < -0.3 is 14.2 Å². The van der Waals surface area contributed by atoms with E-state index in [1.54, 1.807) is 6.92 Å². The lowest BCUT2D eigenvalue weighted by atomic mass is 9.99. The Morgan fingerprint density at radius 2 is 2.00 bits per heavy atom. The molecule has 5 heteroatoms. The quantitative estimate of drug-likeness (QED) is 0.552. The van der Waals surface area contributed by atoms with Crippen LogP contribution in [0.15, 0.2) is 0 Å². The van der Waals surface area contributed by atoms with Crippen LogP contribution in [-0.2, 0) is 23.8 Å². The molecule has 3 atom stereocenters. The highest BCUT2D eigenvalue weighted by Gasteiger charge is 2.46. The van der Waals surface area contributed by atoms with E-state index in [2.05, 4.69) is 0 Å². The van der Waals surface area contributed by atoms with Gasteiger partial charge in [-0.15, -0.1) is 0 Å². The number of ether oxygens (including phenoxy) is 3. The van der Waals surface area contributed by atoms with Crippen LogP contribution in [0.4, 0.5) is 0 Å². The van der Waals surface area contributed by atoms with Crippen LogP contribution in [0.1, 0.15) is 40.0 Å². The van der Waals surface area contributed by atoms with Gasteiger partial charge in [0.05, 0.1) is 18.8 Å². The summed E-state index contributed by atoms with van der Waals surface area (Å²) in [5.74, 6) is -1.79. The maximum atomic E-state index is 12.0. The minimum atomic E-state index is -0.647. The molecule has 0 bridgehead atoms. The molecular weight excluding hydrogens is 236 g/mol. The number of Topliss-reactive ketones (excluding diaryl/α,β-unsaturated/α-hetero) is 1. The first kappa shape index (κ1) is 13.5. The Balaban J connectivity index is 2.04. The Labute approximate surface area is 107 Å². The number of carbonyl (C=O) groups is 2. The molecule has 18 heavy (non-hydrogen) atoms. The number of rotatable bonds is 2. The maximum Gasteiger partial charge on any atom is 0.316 e. The summed E-state index contributed by atoms with van der Waals surface area (Å²) < 4.78 is 16.4. The van der Waals surface area contributed by atoms with Crippen LogP contribution in [0, 0.1) is 5.92 Å². The Hall–Kier alpha value is -0.940. The summed E-state index contributed by atoms with van der Waals surface area (Å²) in [6, 6.07) is 0. The molecular formula is C13H20O5. The second kappa shape index (κ2) is 4.97. The van der Waals surface area contributed by atoms with E-state index >= 15 is 0 Å². The van der Waals surface area contributed by atoms with Crippen LogP contribution in [0.25, 0.3) is 0 Å². The lowest BCUT2D eigenvalue weighted by Crippen LogP contribution is -2.28. The van der Waals surface area contributed by atoms with Gasteiger partial charge in [0.15, 0.2) is 5.79 Å². The highest BCUT2D eigenvalue weighted by Crippen LogP contribution is 2.36. The molecule has 5 nitrogen and oxygen atoms in total. The number of carbonyl (C=O) groups excluding carboxylic acids is 2. The fourth-order valence-electron chi connectivity index (χ4n) is 2.65. The summed E-state index contributed by atoms with van der Waals surface area (Å²) in [5, 5.41) is 0. The topological polar surface area (TPSA) is 61.8 Å². The molecule has 102 valence electrons. The summed E-state index contributed by atoms with van der Waals surface area (Å²) in [6.45, 7) is 5.72. The molecule has 0 radical (unpaired) electrons. The van der Waals surface area contributed by atoms with Crippen LogP contribution >= 0.6 is 0 Å². The van der Waals surface area contributed by atoms with Crippen molar-refractivity contribution in [2.45, 2.75) is 58.0 Å². The van der Waals surface area contributed by atoms with Crippen molar-refractivity contribution in [2.24, 2.45) is 5.92 Å². The van der Waals surface area contributed by atoms with E-state index in [-0.39, 0.29) is 24.4 Å². The number of fused-ring (bicyclic) bond motifs is 1. The lowest BCUT2D eigenvalue weighted by Gasteiger charge is -2.18. The van der Waals surface area contributed by atoms with Crippen molar-refractivity contribution in [3.05, 3.63) is 0 Å². The zero-order valence-electron chi connectivity index (χ0n) is 11.1. The highest BCUT2D eigenvalue weighted by atomic mass is 16.7. The first-order valence-electron chi connectivity index (χ1n) is 6.48. The largest absolute Gasteiger partial charge is 0.465 e. The van der Waals surface area contributed by atoms with Crippen LogP contribution in [0.2, 0.25) is 0 Å². The Bertz CT molecular complexity index is 349. The van der Waals surface area contributed by atoms with Crippen molar-refractivity contribution in [3.63, 3.8) is 0 Å². The van der Waals surface area contributed by atoms with E-state index in [1.165, 1.54) is 0 Å². The van der Waals surface area contributed by atoms with Crippen molar-refractivity contribution in [3.8, 4) is 0 Å². The minimum Gasteiger partial charge on any atom is -0.465 e. The van der Waals surface area contributed by atoms with Crippen LogP contribution in [-0.4, -0.2) is 36.4 Å².